The molecule has 1 N–H and O–H groups in total. The molecule has 156 valence electrons. The molecule has 0 unspecified atom stereocenters. The summed E-state index contributed by atoms with van der Waals surface area (Å²) in [6.07, 6.45) is 1.97. The zero-order valence-corrected chi connectivity index (χ0v) is 17.4. The van der Waals surface area contributed by atoms with E-state index in [1.807, 2.05) is 18.2 Å². The van der Waals surface area contributed by atoms with Crippen LogP contribution in [0.25, 0.3) is 0 Å². The maximum atomic E-state index is 12.8. The summed E-state index contributed by atoms with van der Waals surface area (Å²) < 4.78 is 21.5. The molecule has 1 aliphatic rings. The quantitative estimate of drug-likeness (QED) is 0.732. The number of rotatable bonds is 8. The lowest BCUT2D eigenvalue weighted by Crippen LogP contribution is -2.33. The maximum absolute atomic E-state index is 12.8. The van der Waals surface area contributed by atoms with Crippen molar-refractivity contribution in [1.82, 2.24) is 4.90 Å². The third kappa shape index (κ3) is 4.74. The van der Waals surface area contributed by atoms with Gasteiger partial charge in [0.05, 0.1) is 40.7 Å². The Hall–Kier alpha value is -2.93. The van der Waals surface area contributed by atoms with E-state index < -0.39 is 0 Å². The van der Waals surface area contributed by atoms with E-state index in [1.54, 1.807) is 46.6 Å². The number of ether oxygens (including phenoxy) is 4. The second-order valence-electron chi connectivity index (χ2n) is 6.85. The van der Waals surface area contributed by atoms with Gasteiger partial charge in [0.1, 0.15) is 23.0 Å². The molecule has 1 fully saturated rings. The van der Waals surface area contributed by atoms with Crippen LogP contribution in [0.1, 0.15) is 24.4 Å². The number of nitrogens with one attached hydrogen (secondary N) is 1. The van der Waals surface area contributed by atoms with E-state index in [4.69, 9.17) is 18.9 Å². The molecular weight excluding hydrogens is 372 g/mol. The summed E-state index contributed by atoms with van der Waals surface area (Å²) in [7, 11) is 6.46. The van der Waals surface area contributed by atoms with Gasteiger partial charge in [-0.25, -0.2) is 0 Å². The van der Waals surface area contributed by atoms with Crippen LogP contribution in [0.3, 0.4) is 0 Å². The molecule has 1 saturated heterocycles. The molecule has 2 aromatic rings. The lowest BCUT2D eigenvalue weighted by Gasteiger charge is -2.26. The highest BCUT2D eigenvalue weighted by Crippen LogP contribution is 2.39. The van der Waals surface area contributed by atoms with Gasteiger partial charge in [-0.15, -0.1) is 0 Å². The number of nitrogens with zero attached hydrogens (tertiary/aromatic N) is 1. The number of anilines is 1. The number of carbonyl (C=O) groups excluding carboxylic acids is 1. The Balaban J connectivity index is 1.76. The van der Waals surface area contributed by atoms with Gasteiger partial charge in [-0.2, -0.15) is 0 Å². The Bertz CT molecular complexity index is 855. The number of benzene rings is 2. The monoisotopic (exact) mass is 400 g/mol. The van der Waals surface area contributed by atoms with E-state index in [9.17, 15) is 4.79 Å². The Morgan fingerprint density at radius 2 is 1.62 bits per heavy atom. The molecule has 0 saturated carbocycles. The topological polar surface area (TPSA) is 69.3 Å². The van der Waals surface area contributed by atoms with Gasteiger partial charge in [0.25, 0.3) is 0 Å². The number of carbonyl (C=O) groups is 1. The van der Waals surface area contributed by atoms with Gasteiger partial charge in [0, 0.05) is 17.7 Å². The predicted octanol–water partition coefficient (Wildman–Crippen LogP) is 3.50. The van der Waals surface area contributed by atoms with Crippen LogP contribution in [0.5, 0.6) is 23.0 Å². The highest BCUT2D eigenvalue weighted by atomic mass is 16.5. The van der Waals surface area contributed by atoms with Gasteiger partial charge in [-0.05, 0) is 49.7 Å². The molecular formula is C22H28N2O5. The first kappa shape index (κ1) is 20.8. The third-order valence-electron chi connectivity index (χ3n) is 5.19. The second-order valence-corrected chi connectivity index (χ2v) is 6.85. The van der Waals surface area contributed by atoms with E-state index in [2.05, 4.69) is 10.2 Å². The zero-order chi connectivity index (χ0) is 20.8. The van der Waals surface area contributed by atoms with E-state index >= 15 is 0 Å². The fourth-order valence-electron chi connectivity index (χ4n) is 3.75. The van der Waals surface area contributed by atoms with Crippen molar-refractivity contribution >= 4 is 11.6 Å². The van der Waals surface area contributed by atoms with E-state index in [-0.39, 0.29) is 18.5 Å². The van der Waals surface area contributed by atoms with Crippen LogP contribution in [0, 0.1) is 0 Å². The summed E-state index contributed by atoms with van der Waals surface area (Å²) in [5, 5.41) is 2.94. The molecule has 1 atom stereocenters. The van der Waals surface area contributed by atoms with Gasteiger partial charge in [-0.3, -0.25) is 9.69 Å². The highest BCUT2D eigenvalue weighted by Gasteiger charge is 2.30. The Morgan fingerprint density at radius 1 is 0.966 bits per heavy atom. The maximum Gasteiger partial charge on any atom is 0.238 e. The zero-order valence-electron chi connectivity index (χ0n) is 17.4. The SMILES string of the molecule is COc1ccc(OC)c(NC(=O)CN2CCC[C@H]2c2cc(OC)ccc2OC)c1. The molecule has 1 aliphatic heterocycles. The van der Waals surface area contributed by atoms with Crippen LogP contribution < -0.4 is 24.3 Å². The molecule has 7 nitrogen and oxygen atoms in total. The van der Waals surface area contributed by atoms with Crippen molar-refractivity contribution in [3.8, 4) is 23.0 Å². The van der Waals surface area contributed by atoms with Crippen molar-refractivity contribution in [3.05, 3.63) is 42.0 Å². The molecule has 0 aliphatic carbocycles. The average Bonchev–Trinajstić information content (AvgIpc) is 3.20. The molecule has 1 amide bonds. The summed E-state index contributed by atoms with van der Waals surface area (Å²) in [6.45, 7) is 1.11. The number of hydrogen-bond donors (Lipinski definition) is 1. The first-order chi connectivity index (χ1) is 14.1. The van der Waals surface area contributed by atoms with Crippen LogP contribution in [-0.2, 0) is 4.79 Å². The minimum absolute atomic E-state index is 0.0954. The predicted molar refractivity (Wildman–Crippen MR) is 111 cm³/mol. The van der Waals surface area contributed by atoms with Crippen molar-refractivity contribution < 1.29 is 23.7 Å². The number of methoxy groups -OCH3 is 4. The van der Waals surface area contributed by atoms with Crippen LogP contribution in [0.2, 0.25) is 0 Å². The molecule has 0 radical (unpaired) electrons. The summed E-state index contributed by atoms with van der Waals surface area (Å²) in [6, 6.07) is 11.2. The summed E-state index contributed by atoms with van der Waals surface area (Å²) in [5.41, 5.74) is 1.63. The minimum Gasteiger partial charge on any atom is -0.497 e. The van der Waals surface area contributed by atoms with Gasteiger partial charge in [0.15, 0.2) is 0 Å². The van der Waals surface area contributed by atoms with E-state index in [0.29, 0.717) is 17.2 Å². The Kier molecular flexibility index (Phi) is 6.82. The molecule has 7 heteroatoms. The summed E-state index contributed by atoms with van der Waals surface area (Å²) >= 11 is 0. The third-order valence-corrected chi connectivity index (χ3v) is 5.19. The van der Waals surface area contributed by atoms with Crippen molar-refractivity contribution in [3.63, 3.8) is 0 Å². The molecule has 29 heavy (non-hydrogen) atoms. The molecule has 1 heterocycles. The van der Waals surface area contributed by atoms with Gasteiger partial charge < -0.3 is 24.3 Å². The molecule has 2 aromatic carbocycles. The van der Waals surface area contributed by atoms with Crippen molar-refractivity contribution in [2.45, 2.75) is 18.9 Å². The minimum atomic E-state index is -0.106. The first-order valence-electron chi connectivity index (χ1n) is 9.57. The van der Waals surface area contributed by atoms with Gasteiger partial charge in [-0.1, -0.05) is 0 Å². The lowest BCUT2D eigenvalue weighted by molar-refractivity contribution is -0.117. The Labute approximate surface area is 171 Å². The van der Waals surface area contributed by atoms with E-state index in [0.717, 1.165) is 36.4 Å². The fourth-order valence-corrected chi connectivity index (χ4v) is 3.75. The number of hydrogen-bond acceptors (Lipinski definition) is 6. The molecule has 0 spiro atoms. The van der Waals surface area contributed by atoms with Crippen LogP contribution in [0.15, 0.2) is 36.4 Å². The van der Waals surface area contributed by atoms with Crippen molar-refractivity contribution in [2.75, 3.05) is 46.8 Å². The molecule has 0 aromatic heterocycles. The Morgan fingerprint density at radius 3 is 2.28 bits per heavy atom. The highest BCUT2D eigenvalue weighted by molar-refractivity contribution is 5.94. The van der Waals surface area contributed by atoms with E-state index in [1.165, 1.54) is 0 Å². The van der Waals surface area contributed by atoms with Gasteiger partial charge >= 0.3 is 0 Å². The molecule has 3 rings (SSSR count). The average molecular weight is 400 g/mol. The normalized spacial score (nSPS) is 16.3. The van der Waals surface area contributed by atoms with Crippen LogP contribution in [-0.4, -0.2) is 52.3 Å². The first-order valence-corrected chi connectivity index (χ1v) is 9.57. The van der Waals surface area contributed by atoms with Crippen LogP contribution >= 0.6 is 0 Å². The summed E-state index contributed by atoms with van der Waals surface area (Å²) in [4.78, 5) is 15.0. The summed E-state index contributed by atoms with van der Waals surface area (Å²) in [5.74, 6) is 2.72. The van der Waals surface area contributed by atoms with Crippen molar-refractivity contribution in [2.24, 2.45) is 0 Å². The van der Waals surface area contributed by atoms with Crippen LogP contribution in [0.4, 0.5) is 5.69 Å². The van der Waals surface area contributed by atoms with Gasteiger partial charge in [0.2, 0.25) is 5.91 Å². The van der Waals surface area contributed by atoms with Crippen molar-refractivity contribution in [1.29, 1.82) is 0 Å². The standard InChI is InChI=1S/C22H28N2O5/c1-26-15-7-9-20(28-3)17(12-15)19-6-5-11-24(19)14-22(25)23-18-13-16(27-2)8-10-21(18)29-4/h7-10,12-13,19H,5-6,11,14H2,1-4H3,(H,23,25)/t19-/m0/s1. The molecule has 0 bridgehead atoms. The lowest BCUT2D eigenvalue weighted by atomic mass is 10.0. The number of likely N-dealkylation sites (tertiary alicyclic amines) is 1. The number of amides is 1. The second kappa shape index (κ2) is 9.52. The smallest absolute Gasteiger partial charge is 0.238 e. The fraction of sp³-hybridized carbons (Fsp3) is 0.409. The largest absolute Gasteiger partial charge is 0.497 e.